The van der Waals surface area contributed by atoms with Crippen LogP contribution in [-0.4, -0.2) is 42.9 Å². The lowest BCUT2D eigenvalue weighted by Crippen LogP contribution is -2.42. The zero-order chi connectivity index (χ0) is 14.8. The minimum Gasteiger partial charge on any atom is -0.496 e. The molecule has 4 nitrogen and oxygen atoms in total. The number of rotatable bonds is 4. The SMILES string of the molecule is COc1cc(CN2CCC(C)(O)CC2)c(OC)cc1Br. The lowest BCUT2D eigenvalue weighted by molar-refractivity contribution is -0.00743. The van der Waals surface area contributed by atoms with Crippen molar-refractivity contribution in [3.8, 4) is 11.5 Å². The van der Waals surface area contributed by atoms with Crippen molar-refractivity contribution in [1.82, 2.24) is 4.90 Å². The van der Waals surface area contributed by atoms with Crippen LogP contribution in [0.3, 0.4) is 0 Å². The summed E-state index contributed by atoms with van der Waals surface area (Å²) in [7, 11) is 3.34. The van der Waals surface area contributed by atoms with Crippen LogP contribution in [0, 0.1) is 0 Å². The minimum atomic E-state index is -0.516. The number of aliphatic hydroxyl groups is 1. The summed E-state index contributed by atoms with van der Waals surface area (Å²) in [6.07, 6.45) is 1.62. The van der Waals surface area contributed by atoms with Crippen molar-refractivity contribution in [2.45, 2.75) is 31.9 Å². The third-order valence-electron chi connectivity index (χ3n) is 3.88. The smallest absolute Gasteiger partial charge is 0.133 e. The quantitative estimate of drug-likeness (QED) is 0.912. The maximum atomic E-state index is 10.0. The van der Waals surface area contributed by atoms with Gasteiger partial charge in [0.15, 0.2) is 0 Å². The molecule has 0 spiro atoms. The van der Waals surface area contributed by atoms with Crippen molar-refractivity contribution < 1.29 is 14.6 Å². The van der Waals surface area contributed by atoms with Gasteiger partial charge in [0, 0.05) is 25.2 Å². The zero-order valence-electron chi connectivity index (χ0n) is 12.3. The van der Waals surface area contributed by atoms with Crippen LogP contribution in [0.5, 0.6) is 11.5 Å². The predicted octanol–water partition coefficient (Wildman–Crippen LogP) is 2.81. The summed E-state index contributed by atoms with van der Waals surface area (Å²) in [6, 6.07) is 3.95. The van der Waals surface area contributed by atoms with Crippen LogP contribution in [0.2, 0.25) is 0 Å². The molecule has 1 fully saturated rings. The van der Waals surface area contributed by atoms with E-state index in [1.807, 2.05) is 19.1 Å². The summed E-state index contributed by atoms with van der Waals surface area (Å²) in [5.74, 6) is 1.67. The van der Waals surface area contributed by atoms with E-state index in [1.54, 1.807) is 14.2 Å². The molecule has 0 unspecified atom stereocenters. The fourth-order valence-electron chi connectivity index (χ4n) is 2.48. The standard InChI is InChI=1S/C15H22BrNO3/c1-15(18)4-6-17(7-5-15)10-11-8-14(20-3)12(16)9-13(11)19-2/h8-9,18H,4-7,10H2,1-3H3. The molecule has 0 atom stereocenters. The topological polar surface area (TPSA) is 41.9 Å². The minimum absolute atomic E-state index is 0.516. The Morgan fingerprint density at radius 2 is 1.80 bits per heavy atom. The van der Waals surface area contributed by atoms with Crippen molar-refractivity contribution in [3.05, 3.63) is 22.2 Å². The van der Waals surface area contributed by atoms with Gasteiger partial charge in [-0.2, -0.15) is 0 Å². The number of hydrogen-bond acceptors (Lipinski definition) is 4. The van der Waals surface area contributed by atoms with Crippen molar-refractivity contribution in [2.24, 2.45) is 0 Å². The molecule has 1 aliphatic rings. The number of benzene rings is 1. The number of likely N-dealkylation sites (tertiary alicyclic amines) is 1. The van der Waals surface area contributed by atoms with Crippen molar-refractivity contribution in [2.75, 3.05) is 27.3 Å². The Bertz CT molecular complexity index is 466. The molecule has 1 aromatic rings. The Balaban J connectivity index is 2.12. The van der Waals surface area contributed by atoms with Gasteiger partial charge in [0.1, 0.15) is 11.5 Å². The van der Waals surface area contributed by atoms with Gasteiger partial charge in [-0.3, -0.25) is 4.90 Å². The third-order valence-corrected chi connectivity index (χ3v) is 4.50. The van der Waals surface area contributed by atoms with E-state index in [1.165, 1.54) is 0 Å². The molecule has 2 rings (SSSR count). The average molecular weight is 344 g/mol. The highest BCUT2D eigenvalue weighted by Gasteiger charge is 2.27. The lowest BCUT2D eigenvalue weighted by Gasteiger charge is -2.36. The van der Waals surface area contributed by atoms with Crippen molar-refractivity contribution in [3.63, 3.8) is 0 Å². The van der Waals surface area contributed by atoms with Gasteiger partial charge in [0.25, 0.3) is 0 Å². The fourth-order valence-corrected chi connectivity index (χ4v) is 2.97. The summed E-state index contributed by atoms with van der Waals surface area (Å²) in [5.41, 5.74) is 0.590. The van der Waals surface area contributed by atoms with Gasteiger partial charge in [0.2, 0.25) is 0 Å². The van der Waals surface area contributed by atoms with Gasteiger partial charge in [-0.15, -0.1) is 0 Å². The number of halogens is 1. The highest BCUT2D eigenvalue weighted by molar-refractivity contribution is 9.10. The van der Waals surface area contributed by atoms with Crippen LogP contribution in [0.1, 0.15) is 25.3 Å². The number of ether oxygens (including phenoxy) is 2. The van der Waals surface area contributed by atoms with E-state index in [0.717, 1.165) is 54.0 Å². The third kappa shape index (κ3) is 3.65. The second kappa shape index (κ2) is 6.33. The largest absolute Gasteiger partial charge is 0.496 e. The van der Waals surface area contributed by atoms with E-state index in [-0.39, 0.29) is 0 Å². The van der Waals surface area contributed by atoms with Crippen LogP contribution in [0.4, 0.5) is 0 Å². The predicted molar refractivity (Wildman–Crippen MR) is 82.4 cm³/mol. The number of nitrogens with zero attached hydrogens (tertiary/aromatic N) is 1. The molecule has 0 aliphatic carbocycles. The highest BCUT2D eigenvalue weighted by Crippen LogP contribution is 2.34. The van der Waals surface area contributed by atoms with Crippen LogP contribution >= 0.6 is 15.9 Å². The fraction of sp³-hybridized carbons (Fsp3) is 0.600. The lowest BCUT2D eigenvalue weighted by atomic mass is 9.93. The van der Waals surface area contributed by atoms with Gasteiger partial charge in [-0.05, 0) is 47.8 Å². The highest BCUT2D eigenvalue weighted by atomic mass is 79.9. The van der Waals surface area contributed by atoms with Crippen LogP contribution in [-0.2, 0) is 6.54 Å². The second-order valence-corrected chi connectivity index (χ2v) is 6.43. The maximum absolute atomic E-state index is 10.0. The van der Waals surface area contributed by atoms with Gasteiger partial charge in [0.05, 0.1) is 24.3 Å². The summed E-state index contributed by atoms with van der Waals surface area (Å²) in [4.78, 5) is 2.34. The van der Waals surface area contributed by atoms with Gasteiger partial charge < -0.3 is 14.6 Å². The van der Waals surface area contributed by atoms with E-state index < -0.39 is 5.60 Å². The maximum Gasteiger partial charge on any atom is 0.133 e. The zero-order valence-corrected chi connectivity index (χ0v) is 13.9. The first-order valence-electron chi connectivity index (χ1n) is 6.80. The first-order valence-corrected chi connectivity index (χ1v) is 7.59. The monoisotopic (exact) mass is 343 g/mol. The molecule has 20 heavy (non-hydrogen) atoms. The first kappa shape index (κ1) is 15.6. The Morgan fingerprint density at radius 3 is 2.35 bits per heavy atom. The number of hydrogen-bond donors (Lipinski definition) is 1. The normalized spacial score (nSPS) is 18.9. The molecule has 1 aliphatic heterocycles. The second-order valence-electron chi connectivity index (χ2n) is 5.57. The van der Waals surface area contributed by atoms with Gasteiger partial charge >= 0.3 is 0 Å². The van der Waals surface area contributed by atoms with E-state index in [4.69, 9.17) is 9.47 Å². The summed E-state index contributed by atoms with van der Waals surface area (Å²) < 4.78 is 11.7. The molecule has 112 valence electrons. The summed E-state index contributed by atoms with van der Waals surface area (Å²) in [6.45, 7) is 4.51. The average Bonchev–Trinajstić information content (AvgIpc) is 2.42. The molecule has 0 bridgehead atoms. The Hall–Kier alpha value is -0.780. The van der Waals surface area contributed by atoms with E-state index in [9.17, 15) is 5.11 Å². The van der Waals surface area contributed by atoms with E-state index >= 15 is 0 Å². The van der Waals surface area contributed by atoms with Gasteiger partial charge in [-0.25, -0.2) is 0 Å². The molecular formula is C15H22BrNO3. The molecule has 1 aromatic carbocycles. The van der Waals surface area contributed by atoms with Crippen LogP contribution in [0.15, 0.2) is 16.6 Å². The molecule has 0 aromatic heterocycles. The van der Waals surface area contributed by atoms with Crippen LogP contribution < -0.4 is 9.47 Å². The molecule has 1 heterocycles. The summed E-state index contributed by atoms with van der Waals surface area (Å²) in [5, 5.41) is 10.0. The van der Waals surface area contributed by atoms with Crippen LogP contribution in [0.25, 0.3) is 0 Å². The summed E-state index contributed by atoms with van der Waals surface area (Å²) >= 11 is 3.47. The molecule has 0 saturated carbocycles. The molecule has 1 saturated heterocycles. The number of methoxy groups -OCH3 is 2. The molecular weight excluding hydrogens is 322 g/mol. The van der Waals surface area contributed by atoms with E-state index in [0.29, 0.717) is 0 Å². The van der Waals surface area contributed by atoms with Crippen molar-refractivity contribution >= 4 is 15.9 Å². The van der Waals surface area contributed by atoms with Gasteiger partial charge in [-0.1, -0.05) is 0 Å². The Labute approximate surface area is 128 Å². The first-order chi connectivity index (χ1) is 9.45. The molecule has 0 amide bonds. The van der Waals surface area contributed by atoms with E-state index in [2.05, 4.69) is 20.8 Å². The molecule has 0 radical (unpaired) electrons. The molecule has 5 heteroatoms. The molecule has 1 N–H and O–H groups in total. The van der Waals surface area contributed by atoms with Crippen molar-refractivity contribution in [1.29, 1.82) is 0 Å². The number of piperidine rings is 1. The Kier molecular flexibility index (Phi) is 4.94. The Morgan fingerprint density at radius 1 is 1.20 bits per heavy atom.